The second kappa shape index (κ2) is 15.9. The molecular formula is C43H35ClF6N8O6S. The van der Waals surface area contributed by atoms with Crippen LogP contribution in [0.15, 0.2) is 71.5 Å². The first-order valence-electron chi connectivity index (χ1n) is 19.8. The molecule has 14 nitrogen and oxygen atoms in total. The number of ether oxygens (including phenoxy) is 1. The number of fused-ring (bicyclic) bond motifs is 5. The van der Waals surface area contributed by atoms with E-state index in [9.17, 15) is 35.9 Å². The number of hydrogen-bond acceptors (Lipinski definition) is 9. The SMILES string of the molecule is COc1ccc(-c2ccc3c(=O)n(-c4ccc(Cl)c5c(NS(C)(=O)=O)nn(C)c45)c([C@H](Cc4cc(F)cc(F)c4)NC(=O)Cn4nc(C(F)F)c5c4C(F)(F)C4CC54)nc3c2)c(CO)c1. The number of benzene rings is 4. The summed E-state index contributed by atoms with van der Waals surface area (Å²) in [5.41, 5.74) is -1.22. The van der Waals surface area contributed by atoms with Crippen molar-refractivity contribution in [3.63, 3.8) is 0 Å². The standard InChI is InChI=1S/C43H35ClF6N8O6S/c1-56-37-32(9-8-29(44)35(37)40(54-56)55-65(3,62)63)58-41(52-30-14-20(4-6-26(30)42(58)61)25-7-5-24(64-2)13-21(25)18-59)31(12-19-10-22(45)15-23(46)11-19)51-33(60)17-57-38-34(36(53-57)39(47)48)27-16-28(27)43(38,49)50/h4-11,13-15,27-28,31,39,59H,12,16-18H2,1-3H3,(H,51,60)(H,54,55)/t27?,28?,31-/m0/s1. The number of aryl methyl sites for hydroxylation is 1. The van der Waals surface area contributed by atoms with Gasteiger partial charge in [-0.2, -0.15) is 19.0 Å². The molecule has 338 valence electrons. The number of amides is 1. The van der Waals surface area contributed by atoms with Crippen LogP contribution >= 0.6 is 11.6 Å². The molecule has 3 N–H and O–H groups in total. The van der Waals surface area contributed by atoms with Crippen molar-refractivity contribution in [3.8, 4) is 22.6 Å². The van der Waals surface area contributed by atoms with Crippen molar-refractivity contribution in [2.75, 3.05) is 18.1 Å². The number of halogens is 7. The van der Waals surface area contributed by atoms with E-state index >= 15 is 13.6 Å². The van der Waals surface area contributed by atoms with E-state index in [0.717, 1.165) is 23.0 Å². The Morgan fingerprint density at radius 2 is 1.78 bits per heavy atom. The summed E-state index contributed by atoms with van der Waals surface area (Å²) in [4.78, 5) is 34.2. The molecule has 0 spiro atoms. The Balaban J connectivity index is 1.27. The van der Waals surface area contributed by atoms with Gasteiger partial charge in [-0.15, -0.1) is 0 Å². The van der Waals surface area contributed by atoms with Gasteiger partial charge in [0.2, 0.25) is 15.9 Å². The van der Waals surface area contributed by atoms with Crippen molar-refractivity contribution in [1.82, 2.24) is 34.4 Å². The highest BCUT2D eigenvalue weighted by atomic mass is 35.5. The monoisotopic (exact) mass is 940 g/mol. The molecule has 1 fully saturated rings. The second-order valence-corrected chi connectivity index (χ2v) is 18.1. The summed E-state index contributed by atoms with van der Waals surface area (Å²) in [6.45, 7) is -1.41. The van der Waals surface area contributed by atoms with E-state index in [2.05, 4.69) is 20.2 Å². The molecule has 2 unspecified atom stereocenters. The molecule has 4 aromatic carbocycles. The van der Waals surface area contributed by atoms with Crippen molar-refractivity contribution >= 4 is 55.2 Å². The fourth-order valence-electron chi connectivity index (χ4n) is 8.86. The van der Waals surface area contributed by atoms with Gasteiger partial charge in [-0.1, -0.05) is 23.7 Å². The van der Waals surface area contributed by atoms with E-state index in [4.69, 9.17) is 21.3 Å². The molecule has 65 heavy (non-hydrogen) atoms. The van der Waals surface area contributed by atoms with E-state index in [-0.39, 0.29) is 61.7 Å². The van der Waals surface area contributed by atoms with Crippen LogP contribution in [0.5, 0.6) is 5.75 Å². The molecule has 22 heteroatoms. The average Bonchev–Trinajstić information content (AvgIpc) is 3.78. The van der Waals surface area contributed by atoms with Gasteiger partial charge in [-0.25, -0.2) is 31.0 Å². The van der Waals surface area contributed by atoms with Crippen molar-refractivity contribution in [2.45, 2.75) is 50.3 Å². The van der Waals surface area contributed by atoms with Crippen LogP contribution in [0.1, 0.15) is 58.7 Å². The number of methoxy groups -OCH3 is 1. The Morgan fingerprint density at radius 1 is 1.05 bits per heavy atom. The highest BCUT2D eigenvalue weighted by Crippen LogP contribution is 2.68. The number of aliphatic hydroxyl groups is 1. The molecule has 3 aromatic heterocycles. The minimum absolute atomic E-state index is 0.00520. The molecule has 1 saturated carbocycles. The summed E-state index contributed by atoms with van der Waals surface area (Å²) in [6, 6.07) is 13.3. The summed E-state index contributed by atoms with van der Waals surface area (Å²) in [6.07, 6.45) is -2.84. The topological polar surface area (TPSA) is 175 Å². The van der Waals surface area contributed by atoms with Gasteiger partial charge in [0.15, 0.2) is 5.82 Å². The lowest BCUT2D eigenvalue weighted by atomic mass is 9.98. The van der Waals surface area contributed by atoms with Crippen molar-refractivity contribution in [3.05, 3.63) is 128 Å². The number of nitrogens with zero attached hydrogens (tertiary/aromatic N) is 6. The summed E-state index contributed by atoms with van der Waals surface area (Å²) in [7, 11) is -1.03. The van der Waals surface area contributed by atoms with Gasteiger partial charge in [0.1, 0.15) is 41.1 Å². The number of carbonyl (C=O) groups is 1. The smallest absolute Gasteiger partial charge is 0.293 e. The van der Waals surface area contributed by atoms with Crippen molar-refractivity contribution < 1.29 is 49.4 Å². The molecule has 9 rings (SSSR count). The van der Waals surface area contributed by atoms with Crippen LogP contribution in [-0.2, 0) is 47.4 Å². The van der Waals surface area contributed by atoms with E-state index in [1.807, 2.05) is 0 Å². The molecule has 0 radical (unpaired) electrons. The molecule has 0 saturated heterocycles. The predicted molar refractivity (Wildman–Crippen MR) is 226 cm³/mol. The summed E-state index contributed by atoms with van der Waals surface area (Å²) in [5.74, 6) is -8.73. The van der Waals surface area contributed by atoms with Gasteiger partial charge in [0, 0.05) is 31.0 Å². The number of carbonyl (C=O) groups excluding carboxylic acids is 1. The van der Waals surface area contributed by atoms with E-state index in [1.165, 1.54) is 43.1 Å². The summed E-state index contributed by atoms with van der Waals surface area (Å²) >= 11 is 6.64. The zero-order chi connectivity index (χ0) is 46.4. The minimum Gasteiger partial charge on any atom is -0.497 e. The molecule has 3 atom stereocenters. The Kier molecular flexibility index (Phi) is 10.7. The zero-order valence-electron chi connectivity index (χ0n) is 34.2. The quantitative estimate of drug-likeness (QED) is 0.101. The summed E-state index contributed by atoms with van der Waals surface area (Å²) in [5, 5.41) is 21.0. The number of hydrogen-bond donors (Lipinski definition) is 3. The third-order valence-electron chi connectivity index (χ3n) is 11.6. The van der Waals surface area contributed by atoms with Crippen LogP contribution < -0.4 is 20.3 Å². The number of nitrogens with one attached hydrogen (secondary N) is 2. The van der Waals surface area contributed by atoms with Crippen molar-refractivity contribution in [2.24, 2.45) is 13.0 Å². The lowest BCUT2D eigenvalue weighted by Gasteiger charge is -2.24. The molecule has 3 heterocycles. The van der Waals surface area contributed by atoms with Crippen LogP contribution in [0.3, 0.4) is 0 Å². The lowest BCUT2D eigenvalue weighted by molar-refractivity contribution is -0.123. The van der Waals surface area contributed by atoms with Gasteiger partial charge < -0.3 is 15.2 Å². The number of anilines is 1. The Bertz CT molecular complexity index is 3280. The van der Waals surface area contributed by atoms with E-state index in [0.29, 0.717) is 33.2 Å². The molecular weight excluding hydrogens is 906 g/mol. The van der Waals surface area contributed by atoms with E-state index in [1.54, 1.807) is 24.3 Å². The third kappa shape index (κ3) is 7.73. The maximum Gasteiger partial charge on any atom is 0.293 e. The Labute approximate surface area is 369 Å². The first kappa shape index (κ1) is 43.8. The first-order chi connectivity index (χ1) is 30.8. The average molecular weight is 941 g/mol. The van der Waals surface area contributed by atoms with Gasteiger partial charge in [0.25, 0.3) is 17.9 Å². The van der Waals surface area contributed by atoms with Gasteiger partial charge >= 0.3 is 0 Å². The molecule has 0 aliphatic heterocycles. The summed E-state index contributed by atoms with van der Waals surface area (Å²) < 4.78 is 124. The second-order valence-electron chi connectivity index (χ2n) is 15.9. The van der Waals surface area contributed by atoms with Crippen LogP contribution in [0.4, 0.5) is 32.2 Å². The third-order valence-corrected chi connectivity index (χ3v) is 12.5. The number of sulfonamides is 1. The van der Waals surface area contributed by atoms with Crippen LogP contribution in [0, 0.1) is 17.6 Å². The van der Waals surface area contributed by atoms with Gasteiger partial charge in [0.05, 0.1) is 58.5 Å². The first-order valence-corrected chi connectivity index (χ1v) is 22.0. The van der Waals surface area contributed by atoms with Crippen molar-refractivity contribution in [1.29, 1.82) is 0 Å². The Morgan fingerprint density at radius 3 is 2.46 bits per heavy atom. The lowest BCUT2D eigenvalue weighted by Crippen LogP contribution is -2.38. The number of aromatic nitrogens is 6. The molecule has 7 aromatic rings. The predicted octanol–water partition coefficient (Wildman–Crippen LogP) is 7.19. The number of aliphatic hydroxyl groups excluding tert-OH is 1. The van der Waals surface area contributed by atoms with Crippen LogP contribution in [-0.4, -0.2) is 61.9 Å². The van der Waals surface area contributed by atoms with Crippen LogP contribution in [0.25, 0.3) is 38.6 Å². The zero-order valence-corrected chi connectivity index (χ0v) is 35.8. The van der Waals surface area contributed by atoms with E-state index < -0.39 is 94.3 Å². The molecule has 2 aliphatic carbocycles. The Hall–Kier alpha value is -6.45. The maximum atomic E-state index is 15.6. The molecule has 0 bridgehead atoms. The minimum atomic E-state index is -3.93. The number of alkyl halides is 4. The highest BCUT2D eigenvalue weighted by molar-refractivity contribution is 7.92. The largest absolute Gasteiger partial charge is 0.497 e. The van der Waals surface area contributed by atoms with Crippen LogP contribution in [0.2, 0.25) is 5.02 Å². The fraction of sp³-hybridized carbons (Fsp3) is 0.279. The van der Waals surface area contributed by atoms with Gasteiger partial charge in [-0.3, -0.25) is 28.2 Å². The highest BCUT2D eigenvalue weighted by Gasteiger charge is 2.67. The maximum absolute atomic E-state index is 15.6. The molecule has 2 aliphatic rings. The molecule has 1 amide bonds. The van der Waals surface area contributed by atoms with Gasteiger partial charge in [-0.05, 0) is 83.1 Å². The number of rotatable bonds is 13. The normalized spacial score (nSPS) is 16.8. The fourth-order valence-corrected chi connectivity index (χ4v) is 9.59.